The van der Waals surface area contributed by atoms with Gasteiger partial charge in [-0.3, -0.25) is 0 Å². The van der Waals surface area contributed by atoms with Gasteiger partial charge >= 0.3 is 0 Å². The Bertz CT molecular complexity index is 160. The molecule has 1 aliphatic rings. The highest BCUT2D eigenvalue weighted by atomic mass is 16.7. The molecule has 0 aromatic carbocycles. The van der Waals surface area contributed by atoms with Crippen molar-refractivity contribution in [2.24, 2.45) is 0 Å². The third-order valence-corrected chi connectivity index (χ3v) is 2.44. The minimum Gasteiger partial charge on any atom is -0.373 e. The van der Waals surface area contributed by atoms with Crippen molar-refractivity contribution in [1.82, 2.24) is 5.32 Å². The van der Waals surface area contributed by atoms with Crippen molar-refractivity contribution in [3.05, 3.63) is 0 Å². The van der Waals surface area contributed by atoms with E-state index in [1.165, 1.54) is 0 Å². The number of hydrogen-bond donors (Lipinski definition) is 1. The van der Waals surface area contributed by atoms with E-state index < -0.39 is 0 Å². The Kier molecular flexibility index (Phi) is 6.17. The van der Waals surface area contributed by atoms with E-state index >= 15 is 0 Å². The average molecular weight is 217 g/mol. The first-order valence-electron chi connectivity index (χ1n) is 5.83. The molecule has 0 aliphatic carbocycles. The molecule has 1 rings (SSSR count). The van der Waals surface area contributed by atoms with Gasteiger partial charge in [0.15, 0.2) is 6.29 Å². The molecule has 1 aliphatic heterocycles. The Hall–Kier alpha value is -0.160. The summed E-state index contributed by atoms with van der Waals surface area (Å²) in [5.41, 5.74) is 0. The molecule has 1 heterocycles. The van der Waals surface area contributed by atoms with Crippen LogP contribution in [0.25, 0.3) is 0 Å². The van der Waals surface area contributed by atoms with Crippen LogP contribution in [0.4, 0.5) is 0 Å². The number of ether oxygens (including phenoxy) is 3. The lowest BCUT2D eigenvalue weighted by atomic mass is 10.2. The van der Waals surface area contributed by atoms with Gasteiger partial charge in [0.1, 0.15) is 0 Å². The molecule has 4 nitrogen and oxygen atoms in total. The Balaban J connectivity index is 2.17. The molecule has 0 spiro atoms. The average Bonchev–Trinajstić information content (AvgIpc) is 2.27. The molecule has 0 radical (unpaired) electrons. The summed E-state index contributed by atoms with van der Waals surface area (Å²) in [6.07, 6.45) is 1.09. The van der Waals surface area contributed by atoms with E-state index in [0.29, 0.717) is 0 Å². The van der Waals surface area contributed by atoms with Gasteiger partial charge < -0.3 is 19.5 Å². The van der Waals surface area contributed by atoms with Crippen molar-refractivity contribution in [2.45, 2.75) is 45.7 Å². The quantitative estimate of drug-likeness (QED) is 0.678. The molecule has 1 saturated heterocycles. The highest BCUT2D eigenvalue weighted by Gasteiger charge is 2.22. The largest absolute Gasteiger partial charge is 0.373 e. The molecule has 0 bridgehead atoms. The van der Waals surface area contributed by atoms with E-state index in [4.69, 9.17) is 14.2 Å². The second-order valence-electron chi connectivity index (χ2n) is 3.89. The molecule has 4 heteroatoms. The smallest absolute Gasteiger partial charge is 0.155 e. The van der Waals surface area contributed by atoms with Crippen molar-refractivity contribution < 1.29 is 14.2 Å². The summed E-state index contributed by atoms with van der Waals surface area (Å²) in [4.78, 5) is 0. The maximum absolute atomic E-state index is 5.70. The van der Waals surface area contributed by atoms with Crippen LogP contribution in [0, 0.1) is 0 Å². The number of morpholine rings is 1. The summed E-state index contributed by atoms with van der Waals surface area (Å²) in [7, 11) is 0. The predicted molar refractivity (Wildman–Crippen MR) is 58.9 cm³/mol. The van der Waals surface area contributed by atoms with Crippen LogP contribution >= 0.6 is 0 Å². The van der Waals surface area contributed by atoms with E-state index in [1.807, 2.05) is 13.8 Å². The van der Waals surface area contributed by atoms with E-state index in [-0.39, 0.29) is 18.5 Å². The minimum absolute atomic E-state index is 0.0738. The number of rotatable bonds is 6. The van der Waals surface area contributed by atoms with E-state index in [9.17, 15) is 0 Å². The van der Waals surface area contributed by atoms with Crippen LogP contribution in [0.2, 0.25) is 0 Å². The van der Waals surface area contributed by atoms with Gasteiger partial charge in [0.25, 0.3) is 0 Å². The molecule has 1 fully saturated rings. The van der Waals surface area contributed by atoms with E-state index in [0.717, 1.165) is 32.7 Å². The maximum Gasteiger partial charge on any atom is 0.155 e. The van der Waals surface area contributed by atoms with Crippen molar-refractivity contribution in [1.29, 1.82) is 0 Å². The Morgan fingerprint density at radius 2 is 2.27 bits per heavy atom. The highest BCUT2D eigenvalue weighted by Crippen LogP contribution is 2.09. The highest BCUT2D eigenvalue weighted by molar-refractivity contribution is 4.73. The second-order valence-corrected chi connectivity index (χ2v) is 3.89. The molecule has 3 unspecified atom stereocenters. The Morgan fingerprint density at radius 3 is 2.87 bits per heavy atom. The van der Waals surface area contributed by atoms with Gasteiger partial charge in [-0.2, -0.15) is 0 Å². The van der Waals surface area contributed by atoms with Gasteiger partial charge in [-0.05, 0) is 20.3 Å². The summed E-state index contributed by atoms with van der Waals surface area (Å²) in [6, 6.07) is 0. The first kappa shape index (κ1) is 12.9. The third-order valence-electron chi connectivity index (χ3n) is 2.44. The van der Waals surface area contributed by atoms with Crippen LogP contribution in [0.15, 0.2) is 0 Å². The fraction of sp³-hybridized carbons (Fsp3) is 1.00. The van der Waals surface area contributed by atoms with Crippen LogP contribution in [0.1, 0.15) is 27.2 Å². The van der Waals surface area contributed by atoms with Gasteiger partial charge in [0, 0.05) is 19.7 Å². The lowest BCUT2D eigenvalue weighted by molar-refractivity contribution is -0.187. The van der Waals surface area contributed by atoms with Gasteiger partial charge in [0.2, 0.25) is 0 Å². The fourth-order valence-electron chi connectivity index (χ4n) is 1.60. The first-order chi connectivity index (χ1) is 7.24. The molecule has 90 valence electrons. The molecule has 0 aromatic heterocycles. The number of hydrogen-bond acceptors (Lipinski definition) is 4. The van der Waals surface area contributed by atoms with Crippen molar-refractivity contribution >= 4 is 0 Å². The minimum atomic E-state index is -0.148. The molecular weight excluding hydrogens is 194 g/mol. The molecular formula is C11H23NO3. The zero-order valence-electron chi connectivity index (χ0n) is 9.99. The molecule has 0 aromatic rings. The van der Waals surface area contributed by atoms with Crippen molar-refractivity contribution in [2.75, 3.05) is 26.3 Å². The van der Waals surface area contributed by atoms with Crippen molar-refractivity contribution in [3.8, 4) is 0 Å². The van der Waals surface area contributed by atoms with Gasteiger partial charge in [-0.25, -0.2) is 0 Å². The van der Waals surface area contributed by atoms with Crippen molar-refractivity contribution in [3.63, 3.8) is 0 Å². The number of nitrogens with one attached hydrogen (secondary N) is 1. The molecule has 1 N–H and O–H groups in total. The summed E-state index contributed by atoms with van der Waals surface area (Å²) < 4.78 is 16.8. The molecule has 0 amide bonds. The third kappa shape index (κ3) is 4.93. The van der Waals surface area contributed by atoms with Crippen LogP contribution in [0.5, 0.6) is 0 Å². The standard InChI is InChI=1S/C11H23NO3/c1-4-6-13-10(3)15-9(2)11-8-12-5-7-14-11/h9-12H,4-8H2,1-3H3. The maximum atomic E-state index is 5.70. The molecule has 3 atom stereocenters. The van der Waals surface area contributed by atoms with E-state index in [2.05, 4.69) is 12.2 Å². The van der Waals surface area contributed by atoms with Crippen LogP contribution in [-0.2, 0) is 14.2 Å². The first-order valence-corrected chi connectivity index (χ1v) is 5.83. The zero-order valence-corrected chi connectivity index (χ0v) is 9.99. The summed E-state index contributed by atoms with van der Waals surface area (Å²) in [5, 5.41) is 3.29. The lowest BCUT2D eigenvalue weighted by Gasteiger charge is -2.30. The SMILES string of the molecule is CCCOC(C)OC(C)C1CNCCO1. The second kappa shape index (κ2) is 7.17. The predicted octanol–water partition coefficient (Wildman–Crippen LogP) is 1.15. The summed E-state index contributed by atoms with van der Waals surface area (Å²) in [5.74, 6) is 0. The van der Waals surface area contributed by atoms with Gasteiger partial charge in [0.05, 0.1) is 18.8 Å². The monoisotopic (exact) mass is 217 g/mol. The van der Waals surface area contributed by atoms with Crippen LogP contribution < -0.4 is 5.32 Å². The topological polar surface area (TPSA) is 39.7 Å². The lowest BCUT2D eigenvalue weighted by Crippen LogP contribution is -2.46. The Morgan fingerprint density at radius 1 is 1.47 bits per heavy atom. The van der Waals surface area contributed by atoms with Crippen LogP contribution in [0.3, 0.4) is 0 Å². The van der Waals surface area contributed by atoms with E-state index in [1.54, 1.807) is 0 Å². The fourth-order valence-corrected chi connectivity index (χ4v) is 1.60. The normalized spacial score (nSPS) is 26.2. The molecule has 0 saturated carbocycles. The Labute approximate surface area is 92.3 Å². The van der Waals surface area contributed by atoms with Gasteiger partial charge in [-0.1, -0.05) is 6.92 Å². The van der Waals surface area contributed by atoms with Crippen LogP contribution in [-0.4, -0.2) is 44.8 Å². The summed E-state index contributed by atoms with van der Waals surface area (Å²) >= 11 is 0. The van der Waals surface area contributed by atoms with Gasteiger partial charge in [-0.15, -0.1) is 0 Å². The zero-order chi connectivity index (χ0) is 11.1. The molecule has 15 heavy (non-hydrogen) atoms. The summed E-state index contributed by atoms with van der Waals surface area (Å²) in [6.45, 7) is 9.36.